The quantitative estimate of drug-likeness (QED) is 0.710. The maximum atomic E-state index is 13.3. The molecule has 4 rings (SSSR count). The molecule has 0 aliphatic carbocycles. The molecule has 2 atom stereocenters. The van der Waals surface area contributed by atoms with Crippen LogP contribution in [0.15, 0.2) is 42.5 Å². The lowest BCUT2D eigenvalue weighted by Crippen LogP contribution is -2.36. The first-order valence-electron chi connectivity index (χ1n) is 9.30. The lowest BCUT2D eigenvalue weighted by molar-refractivity contribution is 0.0672. The van der Waals surface area contributed by atoms with Gasteiger partial charge in [0.1, 0.15) is 5.82 Å². The summed E-state index contributed by atoms with van der Waals surface area (Å²) in [6.07, 6.45) is 1.74. The number of nitrogens with one attached hydrogen (secondary N) is 2. The molecule has 0 radical (unpaired) electrons. The lowest BCUT2D eigenvalue weighted by Gasteiger charge is -2.25. The van der Waals surface area contributed by atoms with E-state index in [1.807, 2.05) is 32.0 Å². The molecule has 0 bridgehead atoms. The van der Waals surface area contributed by atoms with Gasteiger partial charge >= 0.3 is 0 Å². The van der Waals surface area contributed by atoms with Crippen LogP contribution < -0.4 is 5.32 Å². The van der Waals surface area contributed by atoms with E-state index in [0.29, 0.717) is 12.2 Å². The second-order valence-corrected chi connectivity index (χ2v) is 7.19. The van der Waals surface area contributed by atoms with Crippen molar-refractivity contribution in [2.45, 2.75) is 38.8 Å². The molecule has 2 aromatic carbocycles. The Labute approximate surface area is 157 Å². The van der Waals surface area contributed by atoms with E-state index < -0.39 is 0 Å². The fourth-order valence-corrected chi connectivity index (χ4v) is 3.75. The van der Waals surface area contributed by atoms with Gasteiger partial charge in [-0.1, -0.05) is 12.1 Å². The highest BCUT2D eigenvalue weighted by Gasteiger charge is 2.29. The molecule has 1 aliphatic rings. The summed E-state index contributed by atoms with van der Waals surface area (Å²) in [6.45, 7) is 4.76. The molecule has 0 saturated carbocycles. The number of ether oxygens (including phenoxy) is 1. The van der Waals surface area contributed by atoms with Crippen molar-refractivity contribution in [3.8, 4) is 0 Å². The third kappa shape index (κ3) is 3.47. The van der Waals surface area contributed by atoms with Crippen LogP contribution >= 0.6 is 0 Å². The van der Waals surface area contributed by atoms with E-state index in [2.05, 4.69) is 10.3 Å². The minimum Gasteiger partial charge on any atom is -0.376 e. The van der Waals surface area contributed by atoms with Crippen molar-refractivity contribution >= 4 is 16.8 Å². The molecule has 2 N–H and O–H groups in total. The standard InChI is InChI=1S/C22H23FN2O2/c1-13-14(2)24-19-10-7-16(12-18(13)19)22(26)25-21(20-4-3-11-27-20)15-5-8-17(23)9-6-15/h5-10,12,20-21,24H,3-4,11H2,1-2H3,(H,25,26). The predicted molar refractivity (Wildman–Crippen MR) is 103 cm³/mol. The van der Waals surface area contributed by atoms with Gasteiger partial charge in [0.05, 0.1) is 12.1 Å². The fourth-order valence-electron chi connectivity index (χ4n) is 3.75. The molecule has 1 aliphatic heterocycles. The average Bonchev–Trinajstić information content (AvgIpc) is 3.29. The Kier molecular flexibility index (Phi) is 4.70. The average molecular weight is 366 g/mol. The number of fused-ring (bicyclic) bond motifs is 1. The summed E-state index contributed by atoms with van der Waals surface area (Å²) in [5, 5.41) is 4.16. The van der Waals surface area contributed by atoms with Crippen LogP contribution in [-0.2, 0) is 4.74 Å². The zero-order valence-electron chi connectivity index (χ0n) is 15.5. The van der Waals surface area contributed by atoms with E-state index >= 15 is 0 Å². The number of aromatic amines is 1. The van der Waals surface area contributed by atoms with Crippen LogP contribution in [0.5, 0.6) is 0 Å². The number of halogens is 1. The van der Waals surface area contributed by atoms with E-state index in [1.165, 1.54) is 12.1 Å². The maximum absolute atomic E-state index is 13.3. The number of carbonyl (C=O) groups is 1. The van der Waals surface area contributed by atoms with E-state index in [-0.39, 0.29) is 23.9 Å². The van der Waals surface area contributed by atoms with Gasteiger partial charge in [0.15, 0.2) is 0 Å². The van der Waals surface area contributed by atoms with Crippen LogP contribution in [0.2, 0.25) is 0 Å². The normalized spacial score (nSPS) is 18.0. The minimum absolute atomic E-state index is 0.0978. The third-order valence-corrected chi connectivity index (χ3v) is 5.42. The van der Waals surface area contributed by atoms with E-state index in [1.54, 1.807) is 12.1 Å². The zero-order valence-corrected chi connectivity index (χ0v) is 15.5. The molecule has 27 heavy (non-hydrogen) atoms. The molecule has 0 spiro atoms. The Balaban J connectivity index is 1.63. The number of benzene rings is 2. The Bertz CT molecular complexity index is 972. The zero-order chi connectivity index (χ0) is 19.0. The van der Waals surface area contributed by atoms with E-state index in [9.17, 15) is 9.18 Å². The Morgan fingerprint density at radius 3 is 2.70 bits per heavy atom. The number of aryl methyl sites for hydroxylation is 2. The monoisotopic (exact) mass is 366 g/mol. The highest BCUT2D eigenvalue weighted by atomic mass is 19.1. The molecule has 1 amide bonds. The largest absolute Gasteiger partial charge is 0.376 e. The number of H-pyrrole nitrogens is 1. The summed E-state index contributed by atoms with van der Waals surface area (Å²) >= 11 is 0. The smallest absolute Gasteiger partial charge is 0.251 e. The minimum atomic E-state index is -0.301. The van der Waals surface area contributed by atoms with Crippen molar-refractivity contribution in [3.63, 3.8) is 0 Å². The predicted octanol–water partition coefficient (Wildman–Crippen LogP) is 4.57. The highest BCUT2D eigenvalue weighted by Crippen LogP contribution is 2.28. The van der Waals surface area contributed by atoms with Crippen LogP contribution in [-0.4, -0.2) is 23.6 Å². The number of hydrogen-bond acceptors (Lipinski definition) is 2. The van der Waals surface area contributed by atoms with Gasteiger partial charge < -0.3 is 15.0 Å². The molecule has 5 heteroatoms. The van der Waals surface area contributed by atoms with Crippen LogP contribution in [0.3, 0.4) is 0 Å². The molecule has 140 valence electrons. The summed E-state index contributed by atoms with van der Waals surface area (Å²) in [5.41, 5.74) is 4.73. The SMILES string of the molecule is Cc1[nH]c2ccc(C(=O)NC(c3ccc(F)cc3)C3CCCO3)cc2c1C. The van der Waals surface area contributed by atoms with Gasteiger partial charge in [-0.25, -0.2) is 4.39 Å². The van der Waals surface area contributed by atoms with Crippen molar-refractivity contribution in [2.75, 3.05) is 6.61 Å². The fraction of sp³-hybridized carbons (Fsp3) is 0.318. The molecule has 4 nitrogen and oxygen atoms in total. The summed E-state index contributed by atoms with van der Waals surface area (Å²) in [7, 11) is 0. The van der Waals surface area contributed by atoms with Crippen LogP contribution in [0, 0.1) is 19.7 Å². The molecule has 3 aromatic rings. The molecular formula is C22H23FN2O2. The van der Waals surface area contributed by atoms with Crippen molar-refractivity contribution in [1.82, 2.24) is 10.3 Å². The molecule has 1 aromatic heterocycles. The van der Waals surface area contributed by atoms with Crippen molar-refractivity contribution in [3.05, 3.63) is 70.7 Å². The van der Waals surface area contributed by atoms with Gasteiger partial charge in [-0.05, 0) is 68.1 Å². The number of aromatic nitrogens is 1. The van der Waals surface area contributed by atoms with Crippen molar-refractivity contribution in [1.29, 1.82) is 0 Å². The van der Waals surface area contributed by atoms with Crippen LogP contribution in [0.25, 0.3) is 10.9 Å². The molecule has 1 saturated heterocycles. The summed E-state index contributed by atoms with van der Waals surface area (Å²) < 4.78 is 19.1. The topological polar surface area (TPSA) is 54.1 Å². The highest BCUT2D eigenvalue weighted by molar-refractivity contribution is 5.99. The van der Waals surface area contributed by atoms with Crippen molar-refractivity contribution in [2.24, 2.45) is 0 Å². The number of rotatable bonds is 4. The van der Waals surface area contributed by atoms with Gasteiger partial charge in [0, 0.05) is 28.8 Å². The van der Waals surface area contributed by atoms with Crippen molar-refractivity contribution < 1.29 is 13.9 Å². The first-order chi connectivity index (χ1) is 13.0. The first-order valence-corrected chi connectivity index (χ1v) is 9.30. The van der Waals surface area contributed by atoms with Gasteiger partial charge in [0.25, 0.3) is 5.91 Å². The Hall–Kier alpha value is -2.66. The summed E-state index contributed by atoms with van der Waals surface area (Å²) in [4.78, 5) is 16.3. The number of carbonyl (C=O) groups excluding carboxylic acids is 1. The number of amides is 1. The molecule has 2 heterocycles. The van der Waals surface area contributed by atoms with Gasteiger partial charge in [-0.15, -0.1) is 0 Å². The van der Waals surface area contributed by atoms with E-state index in [0.717, 1.165) is 40.6 Å². The van der Waals surface area contributed by atoms with E-state index in [4.69, 9.17) is 4.74 Å². The maximum Gasteiger partial charge on any atom is 0.251 e. The van der Waals surface area contributed by atoms with Gasteiger partial charge in [0.2, 0.25) is 0 Å². The second-order valence-electron chi connectivity index (χ2n) is 7.19. The molecule has 2 unspecified atom stereocenters. The Morgan fingerprint density at radius 1 is 1.22 bits per heavy atom. The summed E-state index contributed by atoms with van der Waals surface area (Å²) in [6, 6.07) is 11.6. The number of hydrogen-bond donors (Lipinski definition) is 2. The van der Waals surface area contributed by atoms with Crippen LogP contribution in [0.4, 0.5) is 4.39 Å². The van der Waals surface area contributed by atoms with Gasteiger partial charge in [-0.3, -0.25) is 4.79 Å². The molecular weight excluding hydrogens is 343 g/mol. The summed E-state index contributed by atoms with van der Waals surface area (Å²) in [5.74, 6) is -0.445. The van der Waals surface area contributed by atoms with Gasteiger partial charge in [-0.2, -0.15) is 0 Å². The molecule has 1 fully saturated rings. The Morgan fingerprint density at radius 2 is 2.00 bits per heavy atom. The second kappa shape index (κ2) is 7.16. The lowest BCUT2D eigenvalue weighted by atomic mass is 9.98. The first kappa shape index (κ1) is 17.7. The van der Waals surface area contributed by atoms with Crippen LogP contribution in [0.1, 0.15) is 46.1 Å². The third-order valence-electron chi connectivity index (χ3n) is 5.42.